The normalized spacial score (nSPS) is 30.3. The summed E-state index contributed by atoms with van der Waals surface area (Å²) in [4.78, 5) is 0. The number of ether oxygens (including phenoxy) is 3. The quantitative estimate of drug-likeness (QED) is 0.520. The van der Waals surface area contributed by atoms with Crippen LogP contribution in [0.15, 0.2) is 0 Å². The maximum Gasteiger partial charge on any atom is 0.197 e. The van der Waals surface area contributed by atoms with E-state index in [4.69, 9.17) is 14.2 Å². The second-order valence-corrected chi connectivity index (χ2v) is 2.15. The molecule has 1 atom stereocenters. The summed E-state index contributed by atoms with van der Waals surface area (Å²) in [6.45, 7) is 0. The van der Waals surface area contributed by atoms with Crippen LogP contribution in [-0.4, -0.2) is 33.2 Å². The Bertz CT molecular complexity index is 98.5. The molecule has 0 bridgehead atoms. The standard InChI is InChI=1S/C6H12O3/c1-7-5-4-6(5,8-2)9-3/h5H,4H2,1-3H3. The third-order valence-electron chi connectivity index (χ3n) is 1.78. The maximum atomic E-state index is 5.05. The first-order valence-electron chi connectivity index (χ1n) is 2.92. The van der Waals surface area contributed by atoms with Crippen LogP contribution in [0.2, 0.25) is 0 Å². The fourth-order valence-electron chi connectivity index (χ4n) is 0.975. The van der Waals surface area contributed by atoms with Crippen molar-refractivity contribution in [3.8, 4) is 0 Å². The molecule has 1 saturated carbocycles. The van der Waals surface area contributed by atoms with Crippen molar-refractivity contribution >= 4 is 0 Å². The van der Waals surface area contributed by atoms with Gasteiger partial charge in [0, 0.05) is 27.8 Å². The Hall–Kier alpha value is -0.120. The van der Waals surface area contributed by atoms with Gasteiger partial charge in [-0.15, -0.1) is 0 Å². The number of hydrogen-bond acceptors (Lipinski definition) is 3. The molecule has 0 aromatic carbocycles. The van der Waals surface area contributed by atoms with Gasteiger partial charge in [-0.1, -0.05) is 0 Å². The van der Waals surface area contributed by atoms with Gasteiger partial charge in [-0.2, -0.15) is 0 Å². The number of hydrogen-bond donors (Lipinski definition) is 0. The molecule has 1 unspecified atom stereocenters. The van der Waals surface area contributed by atoms with Crippen molar-refractivity contribution in [2.45, 2.75) is 18.3 Å². The third-order valence-corrected chi connectivity index (χ3v) is 1.78. The lowest BCUT2D eigenvalue weighted by atomic mass is 10.7. The lowest BCUT2D eigenvalue weighted by Crippen LogP contribution is -2.20. The first-order chi connectivity index (χ1) is 4.29. The van der Waals surface area contributed by atoms with Crippen LogP contribution >= 0.6 is 0 Å². The van der Waals surface area contributed by atoms with E-state index in [1.165, 1.54) is 0 Å². The van der Waals surface area contributed by atoms with Gasteiger partial charge in [-0.05, 0) is 0 Å². The Morgan fingerprint density at radius 2 is 1.78 bits per heavy atom. The summed E-state index contributed by atoms with van der Waals surface area (Å²) >= 11 is 0. The Kier molecular flexibility index (Phi) is 1.75. The lowest BCUT2D eigenvalue weighted by molar-refractivity contribution is -0.154. The zero-order valence-electron chi connectivity index (χ0n) is 6.01. The molecule has 1 aliphatic carbocycles. The molecule has 0 spiro atoms. The van der Waals surface area contributed by atoms with E-state index in [9.17, 15) is 0 Å². The Balaban J connectivity index is 2.37. The molecule has 0 N–H and O–H groups in total. The Morgan fingerprint density at radius 1 is 1.22 bits per heavy atom. The fourth-order valence-corrected chi connectivity index (χ4v) is 0.975. The lowest BCUT2D eigenvalue weighted by Gasteiger charge is -2.11. The molecule has 0 amide bonds. The maximum absolute atomic E-state index is 5.05. The second kappa shape index (κ2) is 2.25. The summed E-state index contributed by atoms with van der Waals surface area (Å²) in [6, 6.07) is 0. The molecule has 0 heterocycles. The van der Waals surface area contributed by atoms with Crippen molar-refractivity contribution in [2.75, 3.05) is 21.3 Å². The van der Waals surface area contributed by atoms with Gasteiger partial charge in [0.2, 0.25) is 0 Å². The van der Waals surface area contributed by atoms with E-state index in [1.807, 2.05) is 0 Å². The molecule has 1 aliphatic rings. The van der Waals surface area contributed by atoms with E-state index in [-0.39, 0.29) is 6.10 Å². The molecule has 0 aromatic heterocycles. The van der Waals surface area contributed by atoms with Crippen LogP contribution < -0.4 is 0 Å². The van der Waals surface area contributed by atoms with Gasteiger partial charge >= 0.3 is 0 Å². The molecular formula is C6H12O3. The van der Waals surface area contributed by atoms with Crippen LogP contribution in [0.5, 0.6) is 0 Å². The molecule has 54 valence electrons. The molecule has 0 radical (unpaired) electrons. The molecule has 0 saturated heterocycles. The van der Waals surface area contributed by atoms with Crippen LogP contribution in [-0.2, 0) is 14.2 Å². The minimum Gasteiger partial charge on any atom is -0.376 e. The van der Waals surface area contributed by atoms with Crippen LogP contribution in [0.3, 0.4) is 0 Å². The predicted molar refractivity (Wildman–Crippen MR) is 32.2 cm³/mol. The molecule has 3 heteroatoms. The highest BCUT2D eigenvalue weighted by atomic mass is 16.7. The van der Waals surface area contributed by atoms with E-state index >= 15 is 0 Å². The van der Waals surface area contributed by atoms with Gasteiger partial charge in [0.25, 0.3) is 0 Å². The molecule has 1 fully saturated rings. The van der Waals surface area contributed by atoms with Crippen LogP contribution in [0.25, 0.3) is 0 Å². The first kappa shape index (κ1) is 6.99. The minimum absolute atomic E-state index is 0.132. The Morgan fingerprint density at radius 3 is 1.89 bits per heavy atom. The van der Waals surface area contributed by atoms with Crippen molar-refractivity contribution in [3.63, 3.8) is 0 Å². The second-order valence-electron chi connectivity index (χ2n) is 2.15. The monoisotopic (exact) mass is 132 g/mol. The highest BCUT2D eigenvalue weighted by molar-refractivity contribution is 4.98. The summed E-state index contributed by atoms with van der Waals surface area (Å²) in [5, 5.41) is 0. The molecular weight excluding hydrogens is 120 g/mol. The van der Waals surface area contributed by atoms with E-state index < -0.39 is 5.79 Å². The summed E-state index contributed by atoms with van der Waals surface area (Å²) in [7, 11) is 4.91. The van der Waals surface area contributed by atoms with Crippen LogP contribution in [0.4, 0.5) is 0 Å². The SMILES string of the molecule is COC1CC1(OC)OC. The molecule has 0 aliphatic heterocycles. The zero-order chi connectivity index (χ0) is 6.91. The molecule has 0 aromatic rings. The highest BCUT2D eigenvalue weighted by Gasteiger charge is 2.57. The van der Waals surface area contributed by atoms with Gasteiger partial charge < -0.3 is 14.2 Å². The van der Waals surface area contributed by atoms with Crippen molar-refractivity contribution in [2.24, 2.45) is 0 Å². The van der Waals surface area contributed by atoms with E-state index in [1.54, 1.807) is 21.3 Å². The molecule has 1 rings (SSSR count). The average molecular weight is 132 g/mol. The summed E-state index contributed by atoms with van der Waals surface area (Å²) in [5.41, 5.74) is 0. The summed E-state index contributed by atoms with van der Waals surface area (Å²) < 4.78 is 15.1. The topological polar surface area (TPSA) is 27.7 Å². The van der Waals surface area contributed by atoms with Crippen molar-refractivity contribution in [1.29, 1.82) is 0 Å². The number of rotatable bonds is 3. The summed E-state index contributed by atoms with van der Waals surface area (Å²) in [5.74, 6) is -0.422. The fraction of sp³-hybridized carbons (Fsp3) is 1.00. The van der Waals surface area contributed by atoms with E-state index in [0.29, 0.717) is 0 Å². The van der Waals surface area contributed by atoms with E-state index in [2.05, 4.69) is 0 Å². The van der Waals surface area contributed by atoms with Gasteiger partial charge in [0.05, 0.1) is 0 Å². The van der Waals surface area contributed by atoms with Crippen molar-refractivity contribution < 1.29 is 14.2 Å². The van der Waals surface area contributed by atoms with Gasteiger partial charge in [-0.25, -0.2) is 0 Å². The van der Waals surface area contributed by atoms with E-state index in [0.717, 1.165) is 6.42 Å². The van der Waals surface area contributed by atoms with Crippen molar-refractivity contribution in [1.82, 2.24) is 0 Å². The smallest absolute Gasteiger partial charge is 0.197 e. The van der Waals surface area contributed by atoms with Crippen LogP contribution in [0.1, 0.15) is 6.42 Å². The van der Waals surface area contributed by atoms with Crippen molar-refractivity contribution in [3.05, 3.63) is 0 Å². The number of methoxy groups -OCH3 is 3. The van der Waals surface area contributed by atoms with Gasteiger partial charge in [0.15, 0.2) is 5.79 Å². The molecule has 9 heavy (non-hydrogen) atoms. The van der Waals surface area contributed by atoms with Gasteiger partial charge in [-0.3, -0.25) is 0 Å². The highest BCUT2D eigenvalue weighted by Crippen LogP contribution is 2.41. The average Bonchev–Trinajstić information content (AvgIpc) is 2.63. The van der Waals surface area contributed by atoms with Crippen LogP contribution in [0, 0.1) is 0 Å². The van der Waals surface area contributed by atoms with Gasteiger partial charge in [0.1, 0.15) is 6.10 Å². The first-order valence-corrected chi connectivity index (χ1v) is 2.92. The largest absolute Gasteiger partial charge is 0.376 e. The zero-order valence-corrected chi connectivity index (χ0v) is 6.01. The Labute approximate surface area is 54.9 Å². The molecule has 3 nitrogen and oxygen atoms in total. The third kappa shape index (κ3) is 0.956. The predicted octanol–water partition coefficient (Wildman–Crippen LogP) is 0.394. The summed E-state index contributed by atoms with van der Waals surface area (Å²) in [6.07, 6.45) is 0.976. The minimum atomic E-state index is -0.422.